The predicted octanol–water partition coefficient (Wildman–Crippen LogP) is -0.0354. The maximum atomic E-state index is 12.0. The number of nitrogens with two attached hydrogens (primary N) is 1. The number of hydrogen-bond acceptors (Lipinski definition) is 6. The number of anilines is 1. The van der Waals surface area contributed by atoms with Crippen LogP contribution in [0, 0.1) is 0 Å². The molecule has 1 aromatic heterocycles. The van der Waals surface area contributed by atoms with Crippen LogP contribution in [0.4, 0.5) is 5.69 Å². The molecule has 1 amide bonds. The first-order chi connectivity index (χ1) is 9.72. The molecular weight excluding hydrogens is 260 g/mol. The zero-order chi connectivity index (χ0) is 14.4. The number of nitrogens with zero attached hydrogens (tertiary/aromatic N) is 4. The average Bonchev–Trinajstić information content (AvgIpc) is 2.99. The number of hydrogen-bond donors (Lipinski definition) is 2. The monoisotopic (exact) mass is 276 g/mol. The van der Waals surface area contributed by atoms with E-state index in [2.05, 4.69) is 20.8 Å². The van der Waals surface area contributed by atoms with Crippen molar-refractivity contribution in [2.75, 3.05) is 19.0 Å². The van der Waals surface area contributed by atoms with Crippen LogP contribution in [0.5, 0.6) is 0 Å². The van der Waals surface area contributed by atoms with Gasteiger partial charge in [0.05, 0.1) is 17.4 Å². The van der Waals surface area contributed by atoms with Gasteiger partial charge in [-0.3, -0.25) is 4.79 Å². The second-order valence-corrected chi connectivity index (χ2v) is 4.15. The summed E-state index contributed by atoms with van der Waals surface area (Å²) in [5.41, 5.74) is 7.05. The third-order valence-corrected chi connectivity index (χ3v) is 2.73. The van der Waals surface area contributed by atoms with Gasteiger partial charge in [-0.05, 0) is 29.0 Å². The summed E-state index contributed by atoms with van der Waals surface area (Å²) < 4.78 is 6.37. The molecule has 8 heteroatoms. The highest BCUT2D eigenvalue weighted by atomic mass is 16.5. The van der Waals surface area contributed by atoms with Crippen LogP contribution in [-0.4, -0.2) is 45.9 Å². The van der Waals surface area contributed by atoms with E-state index in [1.807, 2.05) is 12.1 Å². The number of carbonyl (C=O) groups excluding carboxylic acids is 1. The lowest BCUT2D eigenvalue weighted by Gasteiger charge is -2.14. The van der Waals surface area contributed by atoms with Crippen molar-refractivity contribution in [2.24, 2.45) is 5.73 Å². The lowest BCUT2D eigenvalue weighted by Crippen LogP contribution is -2.36. The molecule has 1 aromatic carbocycles. The molecule has 1 atom stereocenters. The molecule has 1 unspecified atom stereocenters. The summed E-state index contributed by atoms with van der Waals surface area (Å²) in [5.74, 6) is -0.275. The number of benzene rings is 1. The van der Waals surface area contributed by atoms with Crippen LogP contribution < -0.4 is 11.1 Å². The van der Waals surface area contributed by atoms with Crippen molar-refractivity contribution >= 4 is 11.6 Å². The molecule has 0 fully saturated rings. The van der Waals surface area contributed by atoms with Crippen molar-refractivity contribution in [1.29, 1.82) is 0 Å². The molecule has 0 spiro atoms. The molecule has 2 aromatic rings. The number of tetrazole rings is 1. The van der Waals surface area contributed by atoms with Crippen LogP contribution in [0.2, 0.25) is 0 Å². The molecule has 2 rings (SSSR count). The first kappa shape index (κ1) is 14.1. The largest absolute Gasteiger partial charge is 0.385 e. The first-order valence-electron chi connectivity index (χ1n) is 6.10. The minimum atomic E-state index is -0.628. The normalized spacial score (nSPS) is 12.1. The van der Waals surface area contributed by atoms with Crippen LogP contribution in [0.1, 0.15) is 6.42 Å². The Hall–Kier alpha value is -2.32. The van der Waals surface area contributed by atoms with Crippen LogP contribution >= 0.6 is 0 Å². The fourth-order valence-corrected chi connectivity index (χ4v) is 1.65. The van der Waals surface area contributed by atoms with E-state index in [1.54, 1.807) is 19.2 Å². The Balaban J connectivity index is 2.12. The van der Waals surface area contributed by atoms with Gasteiger partial charge in [0.1, 0.15) is 6.33 Å². The van der Waals surface area contributed by atoms with E-state index < -0.39 is 6.04 Å². The molecule has 106 valence electrons. The molecule has 0 bridgehead atoms. The Labute approximate surface area is 115 Å². The van der Waals surface area contributed by atoms with Gasteiger partial charge in [-0.15, -0.1) is 5.10 Å². The van der Waals surface area contributed by atoms with Gasteiger partial charge in [0.2, 0.25) is 5.91 Å². The lowest BCUT2D eigenvalue weighted by molar-refractivity contribution is -0.117. The first-order valence-corrected chi connectivity index (χ1v) is 6.10. The molecule has 0 radical (unpaired) electrons. The minimum Gasteiger partial charge on any atom is -0.385 e. The van der Waals surface area contributed by atoms with E-state index in [9.17, 15) is 4.79 Å². The Morgan fingerprint density at radius 1 is 1.50 bits per heavy atom. The van der Waals surface area contributed by atoms with E-state index in [0.717, 1.165) is 0 Å². The summed E-state index contributed by atoms with van der Waals surface area (Å²) in [6.45, 7) is 0.434. The Kier molecular flexibility index (Phi) is 4.75. The van der Waals surface area contributed by atoms with Crippen LogP contribution in [0.3, 0.4) is 0 Å². The van der Waals surface area contributed by atoms with Crippen molar-refractivity contribution in [2.45, 2.75) is 12.5 Å². The van der Waals surface area contributed by atoms with Gasteiger partial charge in [-0.2, -0.15) is 4.68 Å². The summed E-state index contributed by atoms with van der Waals surface area (Å²) in [6, 6.07) is 6.57. The smallest absolute Gasteiger partial charge is 0.241 e. The molecular formula is C12H16N6O2. The fraction of sp³-hybridized carbons (Fsp3) is 0.333. The van der Waals surface area contributed by atoms with Gasteiger partial charge >= 0.3 is 0 Å². The summed E-state index contributed by atoms with van der Waals surface area (Å²) in [4.78, 5) is 12.0. The Bertz CT molecular complexity index is 557. The van der Waals surface area contributed by atoms with Crippen molar-refractivity contribution in [3.8, 4) is 5.69 Å². The molecule has 8 nitrogen and oxygen atoms in total. The number of rotatable bonds is 6. The zero-order valence-electron chi connectivity index (χ0n) is 11.1. The van der Waals surface area contributed by atoms with Gasteiger partial charge < -0.3 is 15.8 Å². The van der Waals surface area contributed by atoms with Crippen LogP contribution in [0.15, 0.2) is 30.6 Å². The minimum absolute atomic E-state index is 0.275. The summed E-state index contributed by atoms with van der Waals surface area (Å²) in [5, 5.41) is 13.7. The second-order valence-electron chi connectivity index (χ2n) is 4.15. The van der Waals surface area contributed by atoms with Gasteiger partial charge in [-0.1, -0.05) is 12.1 Å². The summed E-state index contributed by atoms with van der Waals surface area (Å²) >= 11 is 0. The molecule has 0 saturated carbocycles. The maximum absolute atomic E-state index is 12.0. The highest BCUT2D eigenvalue weighted by molar-refractivity contribution is 5.96. The molecule has 0 aliphatic carbocycles. The molecule has 1 heterocycles. The average molecular weight is 276 g/mol. The number of ether oxygens (including phenoxy) is 1. The number of para-hydroxylation sites is 2. The van der Waals surface area contributed by atoms with Crippen molar-refractivity contribution < 1.29 is 9.53 Å². The fourth-order valence-electron chi connectivity index (χ4n) is 1.65. The SMILES string of the molecule is COCCC(N)C(=O)Nc1ccccc1-n1cnnn1. The van der Waals surface area contributed by atoms with Crippen molar-refractivity contribution in [3.63, 3.8) is 0 Å². The maximum Gasteiger partial charge on any atom is 0.241 e. The molecule has 3 N–H and O–H groups in total. The quantitative estimate of drug-likeness (QED) is 0.766. The number of carbonyl (C=O) groups is 1. The van der Waals surface area contributed by atoms with E-state index in [0.29, 0.717) is 24.4 Å². The number of amides is 1. The molecule has 0 aliphatic rings. The Morgan fingerprint density at radius 3 is 3.00 bits per heavy atom. The van der Waals surface area contributed by atoms with E-state index >= 15 is 0 Å². The van der Waals surface area contributed by atoms with Gasteiger partial charge in [0.15, 0.2) is 0 Å². The Morgan fingerprint density at radius 2 is 2.30 bits per heavy atom. The molecule has 0 aliphatic heterocycles. The zero-order valence-corrected chi connectivity index (χ0v) is 11.1. The van der Waals surface area contributed by atoms with Crippen LogP contribution in [-0.2, 0) is 9.53 Å². The topological polar surface area (TPSA) is 108 Å². The van der Waals surface area contributed by atoms with E-state index in [4.69, 9.17) is 10.5 Å². The number of nitrogens with one attached hydrogen (secondary N) is 1. The molecule has 0 saturated heterocycles. The van der Waals surface area contributed by atoms with Crippen molar-refractivity contribution in [3.05, 3.63) is 30.6 Å². The standard InChI is InChI=1S/C12H16N6O2/c1-20-7-6-9(13)12(19)15-10-4-2-3-5-11(10)18-8-14-16-17-18/h2-5,8-9H,6-7,13H2,1H3,(H,15,19). The van der Waals surface area contributed by atoms with E-state index in [1.165, 1.54) is 11.0 Å². The molecule has 20 heavy (non-hydrogen) atoms. The number of methoxy groups -OCH3 is 1. The number of aromatic nitrogens is 4. The third kappa shape index (κ3) is 3.37. The lowest BCUT2D eigenvalue weighted by atomic mass is 10.2. The van der Waals surface area contributed by atoms with Gasteiger partial charge in [0.25, 0.3) is 0 Å². The van der Waals surface area contributed by atoms with Crippen molar-refractivity contribution in [1.82, 2.24) is 20.2 Å². The third-order valence-electron chi connectivity index (χ3n) is 2.73. The predicted molar refractivity (Wildman–Crippen MR) is 72.3 cm³/mol. The summed E-state index contributed by atoms with van der Waals surface area (Å²) in [6.07, 6.45) is 1.91. The van der Waals surface area contributed by atoms with Crippen LogP contribution in [0.25, 0.3) is 5.69 Å². The van der Waals surface area contributed by atoms with E-state index in [-0.39, 0.29) is 5.91 Å². The van der Waals surface area contributed by atoms with Gasteiger partial charge in [0, 0.05) is 13.7 Å². The highest BCUT2D eigenvalue weighted by Crippen LogP contribution is 2.18. The van der Waals surface area contributed by atoms with Gasteiger partial charge in [-0.25, -0.2) is 0 Å². The highest BCUT2D eigenvalue weighted by Gasteiger charge is 2.15. The summed E-state index contributed by atoms with van der Waals surface area (Å²) in [7, 11) is 1.57. The second kappa shape index (κ2) is 6.73.